The average Bonchev–Trinajstić information content (AvgIpc) is 1.62. The molecule has 0 fully saturated rings. The van der Waals surface area contributed by atoms with E-state index in [4.69, 9.17) is 4.42 Å². The van der Waals surface area contributed by atoms with Crippen LogP contribution in [0.3, 0.4) is 0 Å². The summed E-state index contributed by atoms with van der Waals surface area (Å²) in [7, 11) is -10.2. The van der Waals surface area contributed by atoms with Crippen molar-refractivity contribution in [1.82, 2.24) is 53.6 Å². The molecular weight excluding hydrogens is 1620 g/mol. The van der Waals surface area contributed by atoms with Crippen molar-refractivity contribution < 1.29 is 68.7 Å². The summed E-state index contributed by atoms with van der Waals surface area (Å²) in [6.07, 6.45) is 9.13. The highest BCUT2D eigenvalue weighted by atomic mass is 32.2. The number of oxazole rings is 1. The van der Waals surface area contributed by atoms with Gasteiger partial charge in [0.15, 0.2) is 35.5 Å². The van der Waals surface area contributed by atoms with Crippen LogP contribution in [0.25, 0.3) is 75.4 Å². The molecule has 0 aliphatic heterocycles. The molecule has 38 heteroatoms. The molecule has 0 spiro atoms. The molecule has 0 bridgehead atoms. The van der Waals surface area contributed by atoms with Gasteiger partial charge in [-0.1, -0.05) is 19.9 Å². The molecule has 8 aromatic carbocycles. The minimum absolute atomic E-state index is 0.00884. The molecule has 600 valence electrons. The number of sulfonamides is 4. The van der Waals surface area contributed by atoms with Gasteiger partial charge in [-0.15, -0.1) is 27.8 Å². The Kier molecular flexibility index (Phi) is 23.8. The summed E-state index contributed by atoms with van der Waals surface area (Å²) < 4.78 is 113. The van der Waals surface area contributed by atoms with Crippen molar-refractivity contribution >= 4 is 180 Å². The van der Waals surface area contributed by atoms with E-state index in [9.17, 15) is 64.3 Å². The molecule has 0 amide bonds. The molecule has 0 unspecified atom stereocenters. The molecule has 13 N–H and O–H groups in total. The second-order valence-electron chi connectivity index (χ2n) is 27.0. The number of aromatic hydroxyl groups is 5. The fourth-order valence-electron chi connectivity index (χ4n) is 11.8. The molecule has 0 atom stereocenters. The number of thiazole rings is 2. The van der Waals surface area contributed by atoms with Crippen molar-refractivity contribution in [2.24, 2.45) is 30.6 Å². The molecule has 8 heterocycles. The number of nitrogens with zero attached hydrogens (tertiary/aromatic N) is 10. The third kappa shape index (κ3) is 18.1. The minimum Gasteiger partial charge on any atom is -0.507 e. The van der Waals surface area contributed by atoms with Gasteiger partial charge in [0, 0.05) is 95.7 Å². The third-order valence-corrected chi connectivity index (χ3v) is 26.0. The van der Waals surface area contributed by atoms with Gasteiger partial charge in [0.2, 0.25) is 35.9 Å². The van der Waals surface area contributed by atoms with Gasteiger partial charge in [-0.05, 0) is 184 Å². The van der Waals surface area contributed by atoms with Gasteiger partial charge in [0.25, 0.3) is 10.0 Å². The number of fused-ring (bicyclic) bond motifs is 8. The number of azo groups is 1. The highest BCUT2D eigenvalue weighted by molar-refractivity contribution is 7.92. The van der Waals surface area contributed by atoms with E-state index < -0.39 is 45.5 Å². The van der Waals surface area contributed by atoms with E-state index in [-0.39, 0.29) is 73.5 Å². The highest BCUT2D eigenvalue weighted by Crippen LogP contribution is 2.43. The summed E-state index contributed by atoms with van der Waals surface area (Å²) in [5.41, 5.74) is 13.6. The van der Waals surface area contributed by atoms with E-state index in [1.807, 2.05) is 42.5 Å². The van der Waals surface area contributed by atoms with Crippen LogP contribution in [0.5, 0.6) is 29.3 Å². The number of aromatic amines is 4. The average molecular weight is 1690 g/mol. The maximum Gasteiger partial charge on any atom is 0.263 e. The molecule has 16 rings (SSSR count). The van der Waals surface area contributed by atoms with Crippen LogP contribution in [0.15, 0.2) is 243 Å². The smallest absolute Gasteiger partial charge is 0.263 e. The molecule has 0 aliphatic carbocycles. The fourth-order valence-corrected chi connectivity index (χ4v) is 17.4. The summed E-state index contributed by atoms with van der Waals surface area (Å²) in [5, 5.41) is 71.7. The highest BCUT2D eigenvalue weighted by Gasteiger charge is 2.25. The van der Waals surface area contributed by atoms with Gasteiger partial charge in [0.05, 0.1) is 113 Å². The second-order valence-corrected chi connectivity index (χ2v) is 36.2. The Morgan fingerprint density at radius 3 is 1.55 bits per heavy atom. The van der Waals surface area contributed by atoms with Crippen LogP contribution in [0, 0.1) is 19.3 Å². The van der Waals surface area contributed by atoms with Crippen LogP contribution < -0.4 is 14.2 Å². The summed E-state index contributed by atoms with van der Waals surface area (Å²) in [5.74, 6) is 0.848. The zero-order valence-electron chi connectivity index (χ0n) is 62.9. The number of aliphatic hydroxyl groups is 1. The number of pyridine rings is 1. The molecule has 8 aromatic heterocycles. The number of phenolic OH excluding ortho intramolecular Hbond substituents is 1. The van der Waals surface area contributed by atoms with Crippen molar-refractivity contribution in [3.05, 3.63) is 221 Å². The molecular formula is C79H73N17O15S6. The van der Waals surface area contributed by atoms with E-state index in [2.05, 4.69) is 79.2 Å². The normalized spacial score (nSPS) is 12.5. The number of aliphatic hydroxyl groups excluding tert-OH is 1. The van der Waals surface area contributed by atoms with Gasteiger partial charge in [-0.3, -0.25) is 19.7 Å². The van der Waals surface area contributed by atoms with E-state index in [1.165, 1.54) is 123 Å². The predicted molar refractivity (Wildman–Crippen MR) is 453 cm³/mol. The second kappa shape index (κ2) is 33.9. The van der Waals surface area contributed by atoms with Gasteiger partial charge in [0.1, 0.15) is 11.6 Å². The lowest BCUT2D eigenvalue weighted by Gasteiger charge is -2.21. The summed E-state index contributed by atoms with van der Waals surface area (Å²) >= 11 is 2.97. The molecule has 0 aliphatic rings. The van der Waals surface area contributed by atoms with Crippen LogP contribution in [0.4, 0.5) is 34.3 Å². The maximum atomic E-state index is 12.5. The Labute approximate surface area is 676 Å². The Bertz CT molecular complexity index is 6970. The number of phenols is 1. The molecule has 117 heavy (non-hydrogen) atoms. The first kappa shape index (κ1) is 82.1. The fraction of sp³-hybridized carbons (Fsp3) is 0.127. The van der Waals surface area contributed by atoms with Gasteiger partial charge in [-0.2, -0.15) is 5.11 Å². The quantitative estimate of drug-likeness (QED) is 0.0235. The number of anilines is 1. The summed E-state index contributed by atoms with van der Waals surface area (Å²) in [6, 6.07) is 44.1. The number of H-pyrrole nitrogens is 4. The number of hydrogen-bond donors (Lipinski definition) is 13. The maximum absolute atomic E-state index is 12.5. The molecule has 0 radical (unpaired) electrons. The summed E-state index contributed by atoms with van der Waals surface area (Å²) in [6.45, 7) is 7.03. The Morgan fingerprint density at radius 2 is 1.03 bits per heavy atom. The van der Waals surface area contributed by atoms with Gasteiger partial charge >= 0.3 is 0 Å². The van der Waals surface area contributed by atoms with Crippen molar-refractivity contribution in [1.29, 1.82) is 0 Å². The Balaban J connectivity index is 0.000000136. The lowest BCUT2D eigenvalue weighted by molar-refractivity contribution is 0.163. The van der Waals surface area contributed by atoms with E-state index in [0.29, 0.717) is 67.2 Å². The number of benzene rings is 8. The van der Waals surface area contributed by atoms with Gasteiger partial charge < -0.3 is 55.0 Å². The first-order chi connectivity index (χ1) is 55.8. The number of aromatic nitrogens is 8. The minimum atomic E-state index is -3.76. The molecule has 0 saturated carbocycles. The van der Waals surface area contributed by atoms with E-state index in [1.54, 1.807) is 118 Å². The standard InChI is InChI=1S/C21H15N5O3S2.C21H22N4O4S2.C20H18N4O4S.C17H18N4O4S/c27-21-15(19-16(25-21)8-9-17-20(19)30-12-24-17)11-23-13-4-6-14(7-5-13)31(28,29)26-18-3-1-2-10-22-18;1-21(2,11-26)10-24-31(28,29)14-5-3-13(4-6-14)22-9-15-18-16(25-20(15)27)7-8-17-19(18)30-12-23-17;1-24(2)29(26,27)15-6-4-14(5-7-15)22-10-17-16-9-13(19-11-21-12-28-19)3-8-18(16)23-20(17)25;1-9-8-13-14(10(2)16(9)22)15(17(23)19-13)21-20-11-4-6-12(7-5-11)26(24,25)18-3/h1-12,25,27H,(H,22,26);3-9,12,24-27H,10-11H2,1-2H3;3-12,23,25H,1-2H3;4-8,18-19,22-23H,1-3H3. The largest absolute Gasteiger partial charge is 0.507 e. The monoisotopic (exact) mass is 1690 g/mol. The SMILES string of the molecule is CC(C)(CO)CNS(=O)(=O)c1ccc(N=Cc2c(O)[nH]c3ccc4ncsc4c23)cc1.CN(C)S(=O)(=O)c1ccc(N=Cc2c(O)[nH]c3ccc(-c4cnco4)cc23)cc1.CNS(=O)(=O)c1ccc(N=Nc2c(O)[nH]c3cc(C)c(O)c(C)c23)cc1.O=S(=O)(Nc1ccccn1)c1ccc(N=Cc2c(O)[nH]c3ccc4ncsc4c23)cc1. The Morgan fingerprint density at radius 1 is 0.538 bits per heavy atom. The molecule has 0 saturated heterocycles. The van der Waals surface area contributed by atoms with Crippen molar-refractivity contribution in [2.75, 3.05) is 39.0 Å². The van der Waals surface area contributed by atoms with Crippen molar-refractivity contribution in [3.63, 3.8) is 0 Å². The molecule has 32 nitrogen and oxygen atoms in total. The van der Waals surface area contributed by atoms with E-state index >= 15 is 0 Å². The van der Waals surface area contributed by atoms with E-state index in [0.717, 1.165) is 63.0 Å². The van der Waals surface area contributed by atoms with Gasteiger partial charge in [-0.25, -0.2) is 67.4 Å². The number of nitrogens with one attached hydrogen (secondary N) is 7. The van der Waals surface area contributed by atoms with Crippen LogP contribution >= 0.6 is 22.7 Å². The first-order valence-electron chi connectivity index (χ1n) is 35.1. The Hall–Kier alpha value is -12.9. The molecule has 16 aromatic rings. The zero-order chi connectivity index (χ0) is 83.3. The number of rotatable bonds is 21. The zero-order valence-corrected chi connectivity index (χ0v) is 67.8. The lowest BCUT2D eigenvalue weighted by Crippen LogP contribution is -2.36. The van der Waals surface area contributed by atoms with Crippen LogP contribution in [0.1, 0.15) is 41.7 Å². The van der Waals surface area contributed by atoms with Crippen LogP contribution in [-0.2, 0) is 40.1 Å². The number of aliphatic imine (C=N–C) groups is 3. The van der Waals surface area contributed by atoms with Crippen molar-refractivity contribution in [3.8, 4) is 40.6 Å². The number of aryl methyl sites for hydroxylation is 2. The lowest BCUT2D eigenvalue weighted by atomic mass is 9.96. The summed E-state index contributed by atoms with van der Waals surface area (Å²) in [4.78, 5) is 41.8. The number of hydrogen-bond acceptors (Lipinski definition) is 26. The van der Waals surface area contributed by atoms with Crippen LogP contribution in [0.2, 0.25) is 0 Å². The van der Waals surface area contributed by atoms with Crippen molar-refractivity contribution in [2.45, 2.75) is 47.3 Å². The first-order valence-corrected chi connectivity index (χ1v) is 42.7. The third-order valence-electron chi connectivity index (χ3n) is 18.2. The topological polar surface area (TPSA) is 487 Å². The van der Waals surface area contributed by atoms with Crippen LogP contribution in [-0.4, -0.2) is 161 Å². The predicted octanol–water partition coefficient (Wildman–Crippen LogP) is 15.0.